The van der Waals surface area contributed by atoms with E-state index in [2.05, 4.69) is 15.1 Å². The monoisotopic (exact) mass is 440 g/mol. The second-order valence-corrected chi connectivity index (χ2v) is 8.01. The summed E-state index contributed by atoms with van der Waals surface area (Å²) in [4.78, 5) is 8.91. The van der Waals surface area contributed by atoms with Crippen molar-refractivity contribution in [1.82, 2.24) is 19.7 Å². The molecule has 5 rings (SSSR count). The van der Waals surface area contributed by atoms with Gasteiger partial charge in [0, 0.05) is 29.9 Å². The van der Waals surface area contributed by atoms with Crippen LogP contribution in [0.3, 0.4) is 0 Å². The maximum Gasteiger partial charge on any atom is 0.163 e. The quantitative estimate of drug-likeness (QED) is 0.379. The highest BCUT2D eigenvalue weighted by Gasteiger charge is 2.21. The number of pyridine rings is 1. The fourth-order valence-electron chi connectivity index (χ4n) is 3.40. The Balaban J connectivity index is 1.40. The topological polar surface area (TPSA) is 56.7 Å². The summed E-state index contributed by atoms with van der Waals surface area (Å²) in [5.74, 6) is 0.695. The van der Waals surface area contributed by atoms with E-state index in [-0.39, 0.29) is 11.2 Å². The normalized spacial score (nSPS) is 16.6. The zero-order chi connectivity index (χ0) is 20.7. The van der Waals surface area contributed by atoms with E-state index in [0.29, 0.717) is 47.2 Å². The van der Waals surface area contributed by atoms with Gasteiger partial charge in [0.1, 0.15) is 17.2 Å². The molecule has 0 radical (unpaired) electrons. The molecule has 0 saturated carbocycles. The van der Waals surface area contributed by atoms with Gasteiger partial charge in [-0.05, 0) is 29.8 Å². The van der Waals surface area contributed by atoms with Crippen molar-refractivity contribution in [3.63, 3.8) is 0 Å². The summed E-state index contributed by atoms with van der Waals surface area (Å²) in [5.41, 5.74) is 3.33. The zero-order valence-corrected chi connectivity index (χ0v) is 17.1. The fraction of sp³-hybridized carbons (Fsp3) is 0.136. The van der Waals surface area contributed by atoms with Crippen LogP contribution in [0, 0.1) is 5.82 Å². The lowest BCUT2D eigenvalue weighted by Gasteiger charge is -2.14. The minimum atomic E-state index is -0.347. The molecule has 8 heteroatoms. The zero-order valence-electron chi connectivity index (χ0n) is 15.6. The Bertz CT molecular complexity index is 1260. The number of hydrogen-bond donors (Lipinski definition) is 0. The third kappa shape index (κ3) is 3.64. The molecule has 30 heavy (non-hydrogen) atoms. The van der Waals surface area contributed by atoms with Crippen LogP contribution in [0.4, 0.5) is 4.39 Å². The highest BCUT2D eigenvalue weighted by atomic mass is 35.5. The summed E-state index contributed by atoms with van der Waals surface area (Å²) in [5, 5.41) is 4.63. The number of allylic oxidation sites excluding steroid dienone is 4. The minimum Gasteiger partial charge on any atom is -0.359 e. The van der Waals surface area contributed by atoms with Crippen LogP contribution in [0.2, 0.25) is 0 Å². The number of halogens is 3. The summed E-state index contributed by atoms with van der Waals surface area (Å²) in [7, 11) is 0. The van der Waals surface area contributed by atoms with E-state index in [1.807, 2.05) is 41.2 Å². The summed E-state index contributed by atoms with van der Waals surface area (Å²) < 4.78 is 21.4. The van der Waals surface area contributed by atoms with E-state index in [1.165, 1.54) is 6.07 Å². The van der Waals surface area contributed by atoms with Crippen LogP contribution in [0.1, 0.15) is 17.9 Å². The molecule has 2 aromatic rings. The van der Waals surface area contributed by atoms with E-state index >= 15 is 0 Å². The molecule has 0 bridgehead atoms. The minimum absolute atomic E-state index is 0.235. The van der Waals surface area contributed by atoms with Crippen LogP contribution in [0.15, 0.2) is 70.5 Å². The van der Waals surface area contributed by atoms with Crippen molar-refractivity contribution < 1.29 is 8.91 Å². The standard InChI is InChI=1S/C22H15Cl2FN4O/c23-13-5-6-15(17(24)9-13)20-10-14(30-28-20)11-29-8-7-19-21(12-29)27-22(26-19)16-3-1-2-4-18(16)25/h1-8,10,12,17H,9,11H2. The molecule has 1 aliphatic carbocycles. The Morgan fingerprint density at radius 2 is 1.93 bits per heavy atom. The molecule has 3 aliphatic rings. The Morgan fingerprint density at radius 1 is 1.10 bits per heavy atom. The average molecular weight is 441 g/mol. The predicted molar refractivity (Wildman–Crippen MR) is 114 cm³/mol. The smallest absolute Gasteiger partial charge is 0.163 e. The van der Waals surface area contributed by atoms with Crippen LogP contribution in [0.25, 0.3) is 28.3 Å². The van der Waals surface area contributed by atoms with Crippen molar-refractivity contribution in [2.45, 2.75) is 18.3 Å². The van der Waals surface area contributed by atoms with Gasteiger partial charge in [0.25, 0.3) is 0 Å². The van der Waals surface area contributed by atoms with Crippen LogP contribution in [-0.2, 0) is 6.54 Å². The second kappa shape index (κ2) is 7.70. The van der Waals surface area contributed by atoms with Gasteiger partial charge in [0.05, 0.1) is 23.2 Å². The first kappa shape index (κ1) is 19.0. The maximum atomic E-state index is 14.0. The molecule has 1 atom stereocenters. The van der Waals surface area contributed by atoms with Gasteiger partial charge in [0.15, 0.2) is 11.6 Å². The van der Waals surface area contributed by atoms with Gasteiger partial charge >= 0.3 is 0 Å². The van der Waals surface area contributed by atoms with E-state index in [0.717, 1.165) is 10.6 Å². The first-order valence-electron chi connectivity index (χ1n) is 9.31. The van der Waals surface area contributed by atoms with Gasteiger partial charge in [-0.3, -0.25) is 0 Å². The van der Waals surface area contributed by atoms with Gasteiger partial charge in [-0.25, -0.2) is 14.4 Å². The molecule has 5 nitrogen and oxygen atoms in total. The third-order valence-corrected chi connectivity index (χ3v) is 5.56. The molecular formula is C22H15Cl2FN4O. The van der Waals surface area contributed by atoms with E-state index < -0.39 is 0 Å². The largest absolute Gasteiger partial charge is 0.359 e. The number of hydrogen-bond acceptors (Lipinski definition) is 4. The maximum absolute atomic E-state index is 14.0. The molecule has 1 unspecified atom stereocenters. The molecule has 3 heterocycles. The summed E-state index contributed by atoms with van der Waals surface area (Å²) in [6.45, 7) is 0.460. The lowest BCUT2D eigenvalue weighted by atomic mass is 10.0. The summed E-state index contributed by atoms with van der Waals surface area (Å²) in [6.07, 6.45) is 7.99. The summed E-state index contributed by atoms with van der Waals surface area (Å²) >= 11 is 12.4. The number of aromatic nitrogens is 4. The average Bonchev–Trinajstić information content (AvgIpc) is 3.35. The molecule has 150 valence electrons. The third-order valence-electron chi connectivity index (χ3n) is 4.89. The number of imidazole rings is 1. The molecule has 1 aromatic heterocycles. The number of nitrogens with zero attached hydrogens (tertiary/aromatic N) is 4. The van der Waals surface area contributed by atoms with Crippen molar-refractivity contribution in [2.75, 3.05) is 0 Å². The lowest BCUT2D eigenvalue weighted by molar-refractivity contribution is 0.374. The first-order valence-corrected chi connectivity index (χ1v) is 10.1. The first-order chi connectivity index (χ1) is 14.6. The van der Waals surface area contributed by atoms with Crippen molar-refractivity contribution in [3.05, 3.63) is 83.2 Å². The molecule has 0 fully saturated rings. The van der Waals surface area contributed by atoms with Crippen molar-refractivity contribution in [2.24, 2.45) is 0 Å². The number of rotatable bonds is 4. The summed E-state index contributed by atoms with van der Waals surface area (Å²) in [6, 6.07) is 10.2. The van der Waals surface area contributed by atoms with Crippen LogP contribution < -0.4 is 0 Å². The van der Waals surface area contributed by atoms with Gasteiger partial charge in [-0.15, -0.1) is 11.6 Å². The number of alkyl halides is 1. The Hall–Kier alpha value is -2.96. The van der Waals surface area contributed by atoms with Crippen molar-refractivity contribution in [3.8, 4) is 22.8 Å². The van der Waals surface area contributed by atoms with Gasteiger partial charge in [-0.2, -0.15) is 0 Å². The van der Waals surface area contributed by atoms with Gasteiger partial charge in [0.2, 0.25) is 0 Å². The number of fused-ring (bicyclic) bond motifs is 1. The van der Waals surface area contributed by atoms with Crippen LogP contribution in [-0.4, -0.2) is 25.1 Å². The van der Waals surface area contributed by atoms with Crippen LogP contribution in [0.5, 0.6) is 0 Å². The lowest BCUT2D eigenvalue weighted by Crippen LogP contribution is -2.06. The molecule has 0 amide bonds. The Labute approximate surface area is 181 Å². The SMILES string of the molecule is Fc1ccccc1-c1nc2ccn(Cc3cc(C4=CC=C(Cl)CC4Cl)no3)cc-2n1. The molecule has 0 N–H and O–H groups in total. The van der Waals surface area contributed by atoms with Crippen molar-refractivity contribution in [1.29, 1.82) is 0 Å². The molecule has 1 aromatic carbocycles. The molecule has 0 saturated heterocycles. The van der Waals surface area contributed by atoms with Gasteiger partial charge in [-0.1, -0.05) is 35.0 Å². The Kier molecular flexibility index (Phi) is 4.89. The highest BCUT2D eigenvalue weighted by Crippen LogP contribution is 2.32. The van der Waals surface area contributed by atoms with Crippen LogP contribution >= 0.6 is 23.2 Å². The van der Waals surface area contributed by atoms with Gasteiger partial charge < -0.3 is 9.09 Å². The van der Waals surface area contributed by atoms with Crippen molar-refractivity contribution >= 4 is 28.8 Å². The molecular weight excluding hydrogens is 426 g/mol. The second-order valence-electron chi connectivity index (χ2n) is 7.00. The van der Waals surface area contributed by atoms with E-state index in [4.69, 9.17) is 27.7 Å². The molecule has 2 aliphatic heterocycles. The van der Waals surface area contributed by atoms with E-state index in [1.54, 1.807) is 18.2 Å². The fourth-order valence-corrected chi connectivity index (χ4v) is 4.04. The van der Waals surface area contributed by atoms with E-state index in [9.17, 15) is 4.39 Å². The Morgan fingerprint density at radius 3 is 2.77 bits per heavy atom. The highest BCUT2D eigenvalue weighted by molar-refractivity contribution is 6.33. The predicted octanol–water partition coefficient (Wildman–Crippen LogP) is 5.74. The number of benzene rings is 1. The molecule has 0 spiro atoms.